The highest BCUT2D eigenvalue weighted by Crippen LogP contribution is 2.55. The highest BCUT2D eigenvalue weighted by molar-refractivity contribution is 6.35. The summed E-state index contributed by atoms with van der Waals surface area (Å²) in [6, 6.07) is 7.04. The Kier molecular flexibility index (Phi) is 4.41. The van der Waals surface area contributed by atoms with Crippen LogP contribution in [0.2, 0.25) is 15.1 Å². The maximum absolute atomic E-state index is 13.6. The van der Waals surface area contributed by atoms with E-state index < -0.39 is 11.7 Å². The molecule has 0 saturated carbocycles. The largest absolute Gasteiger partial charge is 0.418 e. The summed E-state index contributed by atoms with van der Waals surface area (Å²) in [7, 11) is 0. The summed E-state index contributed by atoms with van der Waals surface area (Å²) in [6.45, 7) is 0. The van der Waals surface area contributed by atoms with E-state index in [1.165, 1.54) is 6.07 Å². The molecule has 2 aromatic rings. The maximum Gasteiger partial charge on any atom is 0.418 e. The van der Waals surface area contributed by atoms with Crippen molar-refractivity contribution in [1.29, 1.82) is 0 Å². The van der Waals surface area contributed by atoms with E-state index in [1.807, 2.05) is 12.2 Å². The number of hydrogen-bond donors (Lipinski definition) is 1. The van der Waals surface area contributed by atoms with Gasteiger partial charge in [-0.25, -0.2) is 0 Å². The Morgan fingerprint density at radius 1 is 1.00 bits per heavy atom. The van der Waals surface area contributed by atoms with Gasteiger partial charge in [0.15, 0.2) is 0 Å². The van der Waals surface area contributed by atoms with Gasteiger partial charge in [0, 0.05) is 26.5 Å². The van der Waals surface area contributed by atoms with Crippen LogP contribution < -0.4 is 5.32 Å². The molecule has 7 heteroatoms. The zero-order valence-corrected chi connectivity index (χ0v) is 15.5. The van der Waals surface area contributed by atoms with Crippen molar-refractivity contribution in [3.63, 3.8) is 0 Å². The maximum atomic E-state index is 13.6. The first-order chi connectivity index (χ1) is 12.3. The molecule has 1 aliphatic heterocycles. The molecule has 0 fully saturated rings. The molecule has 0 aromatic heterocycles. The Bertz CT molecular complexity index is 908. The molecular formula is C19H13Cl3F3N. The zero-order valence-electron chi connectivity index (χ0n) is 13.2. The van der Waals surface area contributed by atoms with Crippen LogP contribution in [0.15, 0.2) is 42.5 Å². The van der Waals surface area contributed by atoms with Crippen LogP contribution in [-0.2, 0) is 6.18 Å². The van der Waals surface area contributed by atoms with Gasteiger partial charge in [-0.3, -0.25) is 0 Å². The van der Waals surface area contributed by atoms with Gasteiger partial charge >= 0.3 is 6.18 Å². The van der Waals surface area contributed by atoms with Gasteiger partial charge in [-0.05, 0) is 42.2 Å². The molecule has 0 bridgehead atoms. The minimum Gasteiger partial charge on any atom is -0.377 e. The third kappa shape index (κ3) is 2.88. The van der Waals surface area contributed by atoms with Crippen LogP contribution in [0.25, 0.3) is 0 Å². The molecule has 0 radical (unpaired) electrons. The van der Waals surface area contributed by atoms with Crippen molar-refractivity contribution in [1.82, 2.24) is 0 Å². The molecule has 2 aliphatic rings. The van der Waals surface area contributed by atoms with Gasteiger partial charge in [0.05, 0.1) is 17.3 Å². The van der Waals surface area contributed by atoms with Gasteiger partial charge in [-0.2, -0.15) is 13.2 Å². The predicted octanol–water partition coefficient (Wildman–Crippen LogP) is 7.49. The van der Waals surface area contributed by atoms with Gasteiger partial charge in [-0.15, -0.1) is 0 Å². The molecule has 26 heavy (non-hydrogen) atoms. The summed E-state index contributed by atoms with van der Waals surface area (Å²) in [6.07, 6.45) is 0.172. The molecule has 3 atom stereocenters. The van der Waals surface area contributed by atoms with Crippen LogP contribution in [0.5, 0.6) is 0 Å². The van der Waals surface area contributed by atoms with Crippen molar-refractivity contribution in [2.75, 3.05) is 5.32 Å². The number of fused-ring (bicyclic) bond motifs is 3. The Labute approximate surface area is 163 Å². The Morgan fingerprint density at radius 3 is 2.46 bits per heavy atom. The normalized spacial score (nSPS) is 24.2. The SMILES string of the molecule is FC(F)(F)c1ccc(Cl)c2c1N[C@@H](c1ccc(Cl)cc1Cl)[C@H]1CC=C[C@@H]21. The first kappa shape index (κ1) is 18.0. The summed E-state index contributed by atoms with van der Waals surface area (Å²) >= 11 is 18.6. The fourth-order valence-corrected chi connectivity index (χ4v) is 4.77. The fourth-order valence-electron chi connectivity index (χ4n) is 3.96. The summed E-state index contributed by atoms with van der Waals surface area (Å²) in [5.41, 5.74) is 0.551. The van der Waals surface area contributed by atoms with Crippen LogP contribution >= 0.6 is 34.8 Å². The number of rotatable bonds is 1. The van der Waals surface area contributed by atoms with Crippen LogP contribution in [0.3, 0.4) is 0 Å². The van der Waals surface area contributed by atoms with Crippen LogP contribution in [-0.4, -0.2) is 0 Å². The van der Waals surface area contributed by atoms with Crippen LogP contribution in [0.4, 0.5) is 18.9 Å². The third-order valence-corrected chi connectivity index (χ3v) is 5.96. The number of benzene rings is 2. The van der Waals surface area contributed by atoms with E-state index in [0.29, 0.717) is 20.6 Å². The Morgan fingerprint density at radius 2 is 1.77 bits per heavy atom. The van der Waals surface area contributed by atoms with Crippen LogP contribution in [0.1, 0.15) is 35.1 Å². The van der Waals surface area contributed by atoms with Crippen LogP contribution in [0, 0.1) is 5.92 Å². The average molecular weight is 419 g/mol. The minimum atomic E-state index is -4.48. The van der Waals surface area contributed by atoms with Gasteiger partial charge in [0.1, 0.15) is 0 Å². The average Bonchev–Trinajstić information content (AvgIpc) is 3.02. The molecular weight excluding hydrogens is 406 g/mol. The standard InChI is InChI=1S/C19H13Cl3F3N/c20-9-4-5-12(15(22)8-9)17-11-3-1-2-10(11)16-14(21)7-6-13(18(16)26-17)19(23,24)25/h1-2,4-8,10-11,17,26H,3H2/t10-,11+,17-/m1/s1. The quantitative estimate of drug-likeness (QED) is 0.473. The van der Waals surface area contributed by atoms with Crippen molar-refractivity contribution in [3.8, 4) is 0 Å². The first-order valence-electron chi connectivity index (χ1n) is 8.05. The van der Waals surface area contributed by atoms with Gasteiger partial charge in [-0.1, -0.05) is 53.0 Å². The second-order valence-corrected chi connectivity index (χ2v) is 7.77. The number of halogens is 6. The fraction of sp³-hybridized carbons (Fsp3) is 0.263. The number of hydrogen-bond acceptors (Lipinski definition) is 1. The molecule has 2 aromatic carbocycles. The predicted molar refractivity (Wildman–Crippen MR) is 99.3 cm³/mol. The highest BCUT2D eigenvalue weighted by Gasteiger charge is 2.44. The number of nitrogens with one attached hydrogen (secondary N) is 1. The van der Waals surface area contributed by atoms with Gasteiger partial charge < -0.3 is 5.32 Å². The molecule has 0 unspecified atom stereocenters. The topological polar surface area (TPSA) is 12.0 Å². The van der Waals surface area contributed by atoms with Gasteiger partial charge in [0.2, 0.25) is 0 Å². The van der Waals surface area contributed by atoms with Gasteiger partial charge in [0.25, 0.3) is 0 Å². The van der Waals surface area contributed by atoms with E-state index in [-0.39, 0.29) is 23.6 Å². The summed E-state index contributed by atoms with van der Waals surface area (Å²) in [4.78, 5) is 0. The lowest BCUT2D eigenvalue weighted by Crippen LogP contribution is -2.31. The first-order valence-corrected chi connectivity index (χ1v) is 9.18. The molecule has 1 nitrogen and oxygen atoms in total. The molecule has 1 N–H and O–H groups in total. The minimum absolute atomic E-state index is 0.0298. The monoisotopic (exact) mass is 417 g/mol. The lowest BCUT2D eigenvalue weighted by molar-refractivity contribution is -0.137. The van der Waals surface area contributed by atoms with E-state index in [0.717, 1.165) is 18.1 Å². The van der Waals surface area contributed by atoms with E-state index in [4.69, 9.17) is 34.8 Å². The molecule has 0 saturated heterocycles. The summed E-state index contributed by atoms with van der Waals surface area (Å²) < 4.78 is 40.7. The summed E-state index contributed by atoms with van der Waals surface area (Å²) in [5.74, 6) is -0.167. The second-order valence-electron chi connectivity index (χ2n) is 6.52. The van der Waals surface area contributed by atoms with E-state index >= 15 is 0 Å². The van der Waals surface area contributed by atoms with E-state index in [9.17, 15) is 13.2 Å². The van der Waals surface area contributed by atoms with Crippen molar-refractivity contribution in [2.45, 2.75) is 24.6 Å². The number of alkyl halides is 3. The third-order valence-electron chi connectivity index (χ3n) is 5.07. The number of anilines is 1. The van der Waals surface area contributed by atoms with Crippen molar-refractivity contribution in [2.24, 2.45) is 5.92 Å². The zero-order chi connectivity index (χ0) is 18.6. The van der Waals surface area contributed by atoms with Crippen molar-refractivity contribution >= 4 is 40.5 Å². The number of allylic oxidation sites excluding steroid dienone is 2. The molecule has 1 heterocycles. The Hall–Kier alpha value is -1.36. The Balaban J connectivity index is 1.90. The molecule has 136 valence electrons. The molecule has 4 rings (SSSR count). The van der Waals surface area contributed by atoms with E-state index in [2.05, 4.69) is 5.32 Å². The lowest BCUT2D eigenvalue weighted by atomic mass is 9.76. The summed E-state index contributed by atoms with van der Waals surface area (Å²) in [5, 5.41) is 4.34. The molecule has 1 aliphatic carbocycles. The lowest BCUT2D eigenvalue weighted by Gasteiger charge is -2.39. The van der Waals surface area contributed by atoms with E-state index in [1.54, 1.807) is 18.2 Å². The van der Waals surface area contributed by atoms with Crippen molar-refractivity contribution < 1.29 is 13.2 Å². The molecule has 0 amide bonds. The smallest absolute Gasteiger partial charge is 0.377 e. The van der Waals surface area contributed by atoms with Crippen molar-refractivity contribution in [3.05, 3.63) is 74.2 Å². The highest BCUT2D eigenvalue weighted by atomic mass is 35.5. The second kappa shape index (κ2) is 6.36. The molecule has 0 spiro atoms.